The third kappa shape index (κ3) is 5.69. The number of sulfonamides is 1. The van der Waals surface area contributed by atoms with Gasteiger partial charge in [-0.1, -0.05) is 28.1 Å². The Hall–Kier alpha value is -1.86. The van der Waals surface area contributed by atoms with Crippen LogP contribution in [-0.4, -0.2) is 26.0 Å². The molecule has 0 bridgehead atoms. The van der Waals surface area contributed by atoms with Crippen molar-refractivity contribution in [1.29, 1.82) is 0 Å². The van der Waals surface area contributed by atoms with E-state index in [0.717, 1.165) is 23.6 Å². The summed E-state index contributed by atoms with van der Waals surface area (Å²) < 4.78 is 29.8. The van der Waals surface area contributed by atoms with E-state index in [9.17, 15) is 13.2 Å². The number of halogens is 1. The van der Waals surface area contributed by atoms with E-state index in [-0.39, 0.29) is 0 Å². The molecule has 5 nitrogen and oxygen atoms in total. The SMILES string of the molecule is CS(=O)(=O)Nc1ccc(OC(=O)c2ccc(CCBr)cc2)cc1. The van der Waals surface area contributed by atoms with E-state index in [4.69, 9.17) is 4.74 Å². The Kier molecular flexibility index (Phi) is 5.79. The molecule has 0 aliphatic heterocycles. The monoisotopic (exact) mass is 397 g/mol. The quantitative estimate of drug-likeness (QED) is 0.461. The number of benzene rings is 2. The zero-order chi connectivity index (χ0) is 16.9. The zero-order valence-corrected chi connectivity index (χ0v) is 14.9. The summed E-state index contributed by atoms with van der Waals surface area (Å²) in [6.07, 6.45) is 1.96. The largest absolute Gasteiger partial charge is 0.423 e. The van der Waals surface area contributed by atoms with Crippen LogP contribution in [0.5, 0.6) is 5.75 Å². The van der Waals surface area contributed by atoms with Gasteiger partial charge in [0.2, 0.25) is 10.0 Å². The van der Waals surface area contributed by atoms with Gasteiger partial charge in [-0.2, -0.15) is 0 Å². The predicted molar refractivity (Wildman–Crippen MR) is 93.8 cm³/mol. The molecule has 2 aromatic rings. The maximum absolute atomic E-state index is 12.1. The second-order valence-corrected chi connectivity index (χ2v) is 7.47. The lowest BCUT2D eigenvalue weighted by Gasteiger charge is -2.07. The van der Waals surface area contributed by atoms with Crippen LogP contribution in [0.25, 0.3) is 0 Å². The van der Waals surface area contributed by atoms with Gasteiger partial charge in [-0.25, -0.2) is 13.2 Å². The van der Waals surface area contributed by atoms with Crippen LogP contribution in [-0.2, 0) is 16.4 Å². The second-order valence-electron chi connectivity index (χ2n) is 4.92. The van der Waals surface area contributed by atoms with E-state index in [1.165, 1.54) is 24.3 Å². The topological polar surface area (TPSA) is 72.5 Å². The number of ether oxygens (including phenoxy) is 1. The maximum Gasteiger partial charge on any atom is 0.343 e. The summed E-state index contributed by atoms with van der Waals surface area (Å²) in [4.78, 5) is 12.1. The van der Waals surface area contributed by atoms with Crippen LogP contribution in [0.2, 0.25) is 0 Å². The molecule has 0 radical (unpaired) electrons. The number of rotatable bonds is 6. The highest BCUT2D eigenvalue weighted by molar-refractivity contribution is 9.09. The van der Waals surface area contributed by atoms with Crippen molar-refractivity contribution in [2.45, 2.75) is 6.42 Å². The van der Waals surface area contributed by atoms with Gasteiger partial charge in [0, 0.05) is 11.0 Å². The van der Waals surface area contributed by atoms with Gasteiger partial charge < -0.3 is 4.74 Å². The minimum Gasteiger partial charge on any atom is -0.423 e. The van der Waals surface area contributed by atoms with Gasteiger partial charge in [0.25, 0.3) is 0 Å². The first-order valence-corrected chi connectivity index (χ1v) is 9.83. The molecule has 0 amide bonds. The molecule has 7 heteroatoms. The van der Waals surface area contributed by atoms with Crippen molar-refractivity contribution in [3.63, 3.8) is 0 Å². The molecule has 0 aliphatic rings. The van der Waals surface area contributed by atoms with Crippen LogP contribution in [0.15, 0.2) is 48.5 Å². The molecule has 0 heterocycles. The number of aryl methyl sites for hydroxylation is 1. The van der Waals surface area contributed by atoms with Crippen molar-refractivity contribution in [1.82, 2.24) is 0 Å². The summed E-state index contributed by atoms with van der Waals surface area (Å²) in [5, 5.41) is 0.866. The summed E-state index contributed by atoms with van der Waals surface area (Å²) in [7, 11) is -3.33. The molecule has 0 fully saturated rings. The average Bonchev–Trinajstić information content (AvgIpc) is 2.49. The third-order valence-electron chi connectivity index (χ3n) is 2.94. The molecule has 122 valence electrons. The Balaban J connectivity index is 2.02. The lowest BCUT2D eigenvalue weighted by molar-refractivity contribution is 0.0734. The van der Waals surface area contributed by atoms with E-state index in [1.807, 2.05) is 12.1 Å². The number of alkyl halides is 1. The summed E-state index contributed by atoms with van der Waals surface area (Å²) in [6.45, 7) is 0. The fourth-order valence-electron chi connectivity index (χ4n) is 1.89. The van der Waals surface area contributed by atoms with E-state index in [1.54, 1.807) is 12.1 Å². The molecule has 1 N–H and O–H groups in total. The number of nitrogens with one attached hydrogen (secondary N) is 1. The van der Waals surface area contributed by atoms with Gasteiger partial charge in [-0.15, -0.1) is 0 Å². The lowest BCUT2D eigenvalue weighted by atomic mass is 10.1. The van der Waals surface area contributed by atoms with Crippen molar-refractivity contribution in [2.75, 3.05) is 16.3 Å². The first-order chi connectivity index (χ1) is 10.9. The molecule has 0 atom stereocenters. The Morgan fingerprint density at radius 2 is 1.70 bits per heavy atom. The number of anilines is 1. The maximum atomic E-state index is 12.1. The standard InChI is InChI=1S/C16H16BrNO4S/c1-23(20,21)18-14-6-8-15(9-7-14)22-16(19)13-4-2-12(3-5-13)10-11-17/h2-9,18H,10-11H2,1H3. The Morgan fingerprint density at radius 3 is 2.22 bits per heavy atom. The van der Waals surface area contributed by atoms with Crippen LogP contribution in [0.4, 0.5) is 5.69 Å². The van der Waals surface area contributed by atoms with Gasteiger partial charge in [-0.3, -0.25) is 4.72 Å². The molecule has 0 aliphatic carbocycles. The van der Waals surface area contributed by atoms with Crippen LogP contribution in [0.1, 0.15) is 15.9 Å². The van der Waals surface area contributed by atoms with Gasteiger partial charge >= 0.3 is 5.97 Å². The first kappa shape index (κ1) is 17.5. The summed E-state index contributed by atoms with van der Waals surface area (Å²) in [5.74, 6) is -0.113. The van der Waals surface area contributed by atoms with Gasteiger partial charge in [0.05, 0.1) is 11.8 Å². The molecule has 0 unspecified atom stereocenters. The van der Waals surface area contributed by atoms with Crippen molar-refractivity contribution in [2.24, 2.45) is 0 Å². The van der Waals surface area contributed by atoms with Gasteiger partial charge in [-0.05, 0) is 48.4 Å². The second kappa shape index (κ2) is 7.61. The number of hydrogen-bond donors (Lipinski definition) is 1. The van der Waals surface area contributed by atoms with Crippen LogP contribution < -0.4 is 9.46 Å². The van der Waals surface area contributed by atoms with Crippen molar-refractivity contribution in [3.05, 3.63) is 59.7 Å². The smallest absolute Gasteiger partial charge is 0.343 e. The zero-order valence-electron chi connectivity index (χ0n) is 12.5. The van der Waals surface area contributed by atoms with Crippen molar-refractivity contribution >= 4 is 37.6 Å². The molecule has 0 saturated heterocycles. The normalized spacial score (nSPS) is 11.0. The fourth-order valence-corrected chi connectivity index (χ4v) is 2.91. The highest BCUT2D eigenvalue weighted by Gasteiger charge is 2.09. The first-order valence-electron chi connectivity index (χ1n) is 6.82. The Bertz CT molecular complexity index is 771. The lowest BCUT2D eigenvalue weighted by Crippen LogP contribution is -2.10. The van der Waals surface area contributed by atoms with E-state index in [0.29, 0.717) is 17.0 Å². The van der Waals surface area contributed by atoms with E-state index < -0.39 is 16.0 Å². The third-order valence-corrected chi connectivity index (χ3v) is 3.94. The van der Waals surface area contributed by atoms with Crippen LogP contribution in [0.3, 0.4) is 0 Å². The van der Waals surface area contributed by atoms with E-state index in [2.05, 4.69) is 20.7 Å². The van der Waals surface area contributed by atoms with Crippen molar-refractivity contribution in [3.8, 4) is 5.75 Å². The summed E-state index contributed by atoms with van der Waals surface area (Å²) in [6, 6.07) is 13.3. The van der Waals surface area contributed by atoms with Crippen LogP contribution in [0, 0.1) is 0 Å². The Labute approximate surface area is 143 Å². The highest BCUT2D eigenvalue weighted by Crippen LogP contribution is 2.18. The molecule has 23 heavy (non-hydrogen) atoms. The summed E-state index contributed by atoms with van der Waals surface area (Å²) >= 11 is 3.37. The average molecular weight is 398 g/mol. The van der Waals surface area contributed by atoms with Gasteiger partial charge in [0.15, 0.2) is 0 Å². The fraction of sp³-hybridized carbons (Fsp3) is 0.188. The molecule has 0 spiro atoms. The van der Waals surface area contributed by atoms with E-state index >= 15 is 0 Å². The molecule has 2 aromatic carbocycles. The number of carbonyl (C=O) groups excluding carboxylic acids is 1. The number of carbonyl (C=O) groups is 1. The highest BCUT2D eigenvalue weighted by atomic mass is 79.9. The minimum atomic E-state index is -3.33. The molecular formula is C16H16BrNO4S. The summed E-state index contributed by atoms with van der Waals surface area (Å²) in [5.41, 5.74) is 2.00. The number of hydrogen-bond acceptors (Lipinski definition) is 4. The predicted octanol–water partition coefficient (Wildman–Crippen LogP) is 3.21. The Morgan fingerprint density at radius 1 is 1.09 bits per heavy atom. The molecular weight excluding hydrogens is 382 g/mol. The molecule has 2 rings (SSSR count). The minimum absolute atomic E-state index is 0.346. The molecule has 0 saturated carbocycles. The van der Waals surface area contributed by atoms with Crippen molar-refractivity contribution < 1.29 is 17.9 Å². The molecule has 0 aromatic heterocycles. The van der Waals surface area contributed by atoms with Crippen LogP contribution >= 0.6 is 15.9 Å². The number of esters is 1. The van der Waals surface area contributed by atoms with Gasteiger partial charge in [0.1, 0.15) is 5.75 Å².